The van der Waals surface area contributed by atoms with Gasteiger partial charge in [0.15, 0.2) is 0 Å². The minimum Gasteiger partial charge on any atom is -0.491 e. The zero-order valence-electron chi connectivity index (χ0n) is 11.1. The van der Waals surface area contributed by atoms with Gasteiger partial charge in [-0.2, -0.15) is 0 Å². The summed E-state index contributed by atoms with van der Waals surface area (Å²) in [4.78, 5) is 4.10. The third-order valence-electron chi connectivity index (χ3n) is 2.52. The fourth-order valence-electron chi connectivity index (χ4n) is 1.72. The second kappa shape index (κ2) is 5.36. The Morgan fingerprint density at radius 2 is 1.94 bits per heavy atom. The van der Waals surface area contributed by atoms with E-state index in [4.69, 9.17) is 9.47 Å². The Balaban J connectivity index is 2.00. The molecule has 3 nitrogen and oxygen atoms in total. The number of fused-ring (bicyclic) bond motifs is 1. The summed E-state index contributed by atoms with van der Waals surface area (Å²) < 4.78 is 11.4. The van der Waals surface area contributed by atoms with Gasteiger partial charge >= 0.3 is 0 Å². The normalized spacial score (nSPS) is 11.7. The Morgan fingerprint density at radius 1 is 1.11 bits per heavy atom. The van der Waals surface area contributed by atoms with Crippen LogP contribution in [0.1, 0.15) is 20.8 Å². The summed E-state index contributed by atoms with van der Waals surface area (Å²) in [5.74, 6) is 0.882. The van der Waals surface area contributed by atoms with Crippen molar-refractivity contribution >= 4 is 10.8 Å². The van der Waals surface area contributed by atoms with Crippen molar-refractivity contribution in [2.75, 3.05) is 13.2 Å². The van der Waals surface area contributed by atoms with E-state index in [1.165, 1.54) is 0 Å². The molecule has 2 aromatic rings. The van der Waals surface area contributed by atoms with E-state index in [-0.39, 0.29) is 5.60 Å². The molecular formula is C15H19NO2. The van der Waals surface area contributed by atoms with Gasteiger partial charge in [-0.15, -0.1) is 0 Å². The number of benzene rings is 1. The molecule has 0 atom stereocenters. The molecule has 3 heteroatoms. The number of hydrogen-bond acceptors (Lipinski definition) is 3. The molecule has 0 unspecified atom stereocenters. The first-order chi connectivity index (χ1) is 8.56. The average Bonchev–Trinajstić information content (AvgIpc) is 2.33. The van der Waals surface area contributed by atoms with Crippen LogP contribution in [0.5, 0.6) is 5.75 Å². The van der Waals surface area contributed by atoms with Crippen molar-refractivity contribution in [1.82, 2.24) is 4.98 Å². The summed E-state index contributed by atoms with van der Waals surface area (Å²) in [6.45, 7) is 7.26. The third kappa shape index (κ3) is 3.44. The standard InChI is InChI=1S/C15H19NO2/c1-15(2,3)18-10-9-17-14-6-4-5-12-11-16-8-7-13(12)14/h4-8,11H,9-10H2,1-3H3. The van der Waals surface area contributed by atoms with Crippen LogP contribution in [0.4, 0.5) is 0 Å². The highest BCUT2D eigenvalue weighted by Crippen LogP contribution is 2.24. The molecule has 0 N–H and O–H groups in total. The van der Waals surface area contributed by atoms with Gasteiger partial charge in [0.1, 0.15) is 12.4 Å². The molecule has 18 heavy (non-hydrogen) atoms. The lowest BCUT2D eigenvalue weighted by molar-refractivity contribution is -0.0161. The van der Waals surface area contributed by atoms with Crippen LogP contribution in [0, 0.1) is 0 Å². The largest absolute Gasteiger partial charge is 0.491 e. The van der Waals surface area contributed by atoms with Crippen LogP contribution >= 0.6 is 0 Å². The molecule has 0 spiro atoms. The summed E-state index contributed by atoms with van der Waals surface area (Å²) in [5.41, 5.74) is -0.119. The van der Waals surface area contributed by atoms with Gasteiger partial charge in [0, 0.05) is 23.2 Å². The Labute approximate surface area is 108 Å². The molecule has 1 aromatic carbocycles. The van der Waals surface area contributed by atoms with E-state index >= 15 is 0 Å². The van der Waals surface area contributed by atoms with E-state index in [1.54, 1.807) is 6.20 Å². The number of rotatable bonds is 4. The van der Waals surface area contributed by atoms with E-state index < -0.39 is 0 Å². The van der Waals surface area contributed by atoms with E-state index in [1.807, 2.05) is 51.2 Å². The Kier molecular flexibility index (Phi) is 3.82. The van der Waals surface area contributed by atoms with Gasteiger partial charge in [-0.05, 0) is 32.9 Å². The lowest BCUT2D eigenvalue weighted by Gasteiger charge is -2.19. The molecule has 0 aliphatic rings. The predicted molar refractivity (Wildman–Crippen MR) is 72.9 cm³/mol. The van der Waals surface area contributed by atoms with Crippen molar-refractivity contribution < 1.29 is 9.47 Å². The van der Waals surface area contributed by atoms with E-state index in [0.29, 0.717) is 13.2 Å². The van der Waals surface area contributed by atoms with Crippen molar-refractivity contribution in [3.63, 3.8) is 0 Å². The van der Waals surface area contributed by atoms with E-state index in [9.17, 15) is 0 Å². The summed E-state index contributed by atoms with van der Waals surface area (Å²) in [6, 6.07) is 7.94. The van der Waals surface area contributed by atoms with Crippen molar-refractivity contribution in [3.05, 3.63) is 36.7 Å². The first-order valence-corrected chi connectivity index (χ1v) is 6.16. The average molecular weight is 245 g/mol. The Hall–Kier alpha value is -1.61. The molecule has 0 bridgehead atoms. The van der Waals surface area contributed by atoms with E-state index in [2.05, 4.69) is 4.98 Å². The van der Waals surface area contributed by atoms with Crippen molar-refractivity contribution in [1.29, 1.82) is 0 Å². The van der Waals surface area contributed by atoms with Crippen LogP contribution in [0.15, 0.2) is 36.7 Å². The predicted octanol–water partition coefficient (Wildman–Crippen LogP) is 3.43. The molecule has 1 aromatic heterocycles. The molecule has 1 heterocycles. The number of aromatic nitrogens is 1. The molecule has 0 aliphatic heterocycles. The minimum atomic E-state index is -0.119. The van der Waals surface area contributed by atoms with Crippen LogP contribution in [-0.4, -0.2) is 23.8 Å². The highest BCUT2D eigenvalue weighted by molar-refractivity contribution is 5.87. The molecule has 0 radical (unpaired) electrons. The van der Waals surface area contributed by atoms with Crippen molar-refractivity contribution in [2.45, 2.75) is 26.4 Å². The Morgan fingerprint density at radius 3 is 2.72 bits per heavy atom. The topological polar surface area (TPSA) is 31.4 Å². The number of pyridine rings is 1. The molecule has 0 fully saturated rings. The fourth-order valence-corrected chi connectivity index (χ4v) is 1.72. The molecule has 0 saturated carbocycles. The van der Waals surface area contributed by atoms with Gasteiger partial charge in [0.25, 0.3) is 0 Å². The fraction of sp³-hybridized carbons (Fsp3) is 0.400. The second-order valence-corrected chi connectivity index (χ2v) is 5.16. The van der Waals surface area contributed by atoms with Gasteiger partial charge in [0.05, 0.1) is 12.2 Å². The summed E-state index contributed by atoms with van der Waals surface area (Å²) >= 11 is 0. The molecular weight excluding hydrogens is 226 g/mol. The smallest absolute Gasteiger partial charge is 0.127 e. The maximum atomic E-state index is 5.76. The van der Waals surface area contributed by atoms with Gasteiger partial charge in [0.2, 0.25) is 0 Å². The molecule has 0 saturated heterocycles. The van der Waals surface area contributed by atoms with Crippen LogP contribution in [-0.2, 0) is 4.74 Å². The minimum absolute atomic E-state index is 0.119. The second-order valence-electron chi connectivity index (χ2n) is 5.16. The molecule has 0 aliphatic carbocycles. The maximum Gasteiger partial charge on any atom is 0.127 e. The van der Waals surface area contributed by atoms with Crippen LogP contribution < -0.4 is 4.74 Å². The van der Waals surface area contributed by atoms with Crippen LogP contribution in [0.3, 0.4) is 0 Å². The molecule has 2 rings (SSSR count). The summed E-state index contributed by atoms with van der Waals surface area (Å²) in [6.07, 6.45) is 3.62. The maximum absolute atomic E-state index is 5.76. The molecule has 0 amide bonds. The summed E-state index contributed by atoms with van der Waals surface area (Å²) in [7, 11) is 0. The van der Waals surface area contributed by atoms with Crippen LogP contribution in [0.2, 0.25) is 0 Å². The quantitative estimate of drug-likeness (QED) is 0.773. The zero-order valence-corrected chi connectivity index (χ0v) is 11.1. The number of hydrogen-bond donors (Lipinski definition) is 0. The highest BCUT2D eigenvalue weighted by atomic mass is 16.5. The van der Waals surface area contributed by atoms with Gasteiger partial charge in [-0.1, -0.05) is 12.1 Å². The number of ether oxygens (including phenoxy) is 2. The lowest BCUT2D eigenvalue weighted by atomic mass is 10.1. The van der Waals surface area contributed by atoms with E-state index in [0.717, 1.165) is 16.5 Å². The van der Waals surface area contributed by atoms with Gasteiger partial charge in [-0.3, -0.25) is 4.98 Å². The van der Waals surface area contributed by atoms with Gasteiger partial charge in [-0.25, -0.2) is 0 Å². The highest BCUT2D eigenvalue weighted by Gasteiger charge is 2.09. The zero-order chi connectivity index (χ0) is 13.0. The number of nitrogens with zero attached hydrogens (tertiary/aromatic N) is 1. The SMILES string of the molecule is CC(C)(C)OCCOc1cccc2cnccc12. The monoisotopic (exact) mass is 245 g/mol. The van der Waals surface area contributed by atoms with Crippen molar-refractivity contribution in [2.24, 2.45) is 0 Å². The van der Waals surface area contributed by atoms with Crippen molar-refractivity contribution in [3.8, 4) is 5.75 Å². The third-order valence-corrected chi connectivity index (χ3v) is 2.52. The summed E-state index contributed by atoms with van der Waals surface area (Å²) in [5, 5.41) is 2.18. The first-order valence-electron chi connectivity index (χ1n) is 6.16. The van der Waals surface area contributed by atoms with Gasteiger partial charge < -0.3 is 9.47 Å². The van der Waals surface area contributed by atoms with Crippen LogP contribution in [0.25, 0.3) is 10.8 Å². The molecule has 96 valence electrons. The first kappa shape index (κ1) is 12.8. The lowest BCUT2D eigenvalue weighted by Crippen LogP contribution is -2.22. The Bertz CT molecular complexity index is 512.